The second-order valence-corrected chi connectivity index (χ2v) is 4.13. The second kappa shape index (κ2) is 5.24. The van der Waals surface area contributed by atoms with Gasteiger partial charge >= 0.3 is 0 Å². The summed E-state index contributed by atoms with van der Waals surface area (Å²) in [6, 6.07) is 10.7. The highest BCUT2D eigenvalue weighted by atomic mass is 16.5. The molecule has 19 heavy (non-hydrogen) atoms. The zero-order chi connectivity index (χ0) is 13.8. The Morgan fingerprint density at radius 2 is 1.89 bits per heavy atom. The van der Waals surface area contributed by atoms with Crippen LogP contribution in [0.5, 0.6) is 5.75 Å². The Kier molecular flexibility index (Phi) is 3.49. The molecule has 0 saturated carbocycles. The van der Waals surface area contributed by atoms with Gasteiger partial charge in [0.1, 0.15) is 17.9 Å². The Balaban J connectivity index is 2.15. The average molecular weight is 252 g/mol. The molecule has 0 aliphatic rings. The van der Waals surface area contributed by atoms with Crippen molar-refractivity contribution in [1.29, 1.82) is 10.5 Å². The standard InChI is InChI=1S/C14H12N4O/c1-10-5-11(2)18(17-10)9-19-14-4-3-12(7-15)13(6-14)8-16/h3-6H,9H2,1-2H3. The van der Waals surface area contributed by atoms with Crippen molar-refractivity contribution in [3.05, 3.63) is 46.8 Å². The summed E-state index contributed by atoms with van der Waals surface area (Å²) < 4.78 is 7.30. The number of hydrogen-bond acceptors (Lipinski definition) is 4. The Bertz CT molecular complexity index is 688. The molecule has 0 saturated heterocycles. The SMILES string of the molecule is Cc1cc(C)n(COc2ccc(C#N)c(C#N)c2)n1. The maximum absolute atomic E-state index is 8.93. The van der Waals surface area contributed by atoms with Gasteiger partial charge in [0.2, 0.25) is 0 Å². The quantitative estimate of drug-likeness (QED) is 0.839. The lowest BCUT2D eigenvalue weighted by molar-refractivity contribution is 0.218. The van der Waals surface area contributed by atoms with Crippen LogP contribution in [-0.2, 0) is 6.73 Å². The highest BCUT2D eigenvalue weighted by Gasteiger charge is 2.05. The molecule has 0 radical (unpaired) electrons. The molecule has 0 N–H and O–H groups in total. The number of aryl methyl sites for hydroxylation is 2. The molecule has 5 heteroatoms. The number of ether oxygens (including phenoxy) is 1. The largest absolute Gasteiger partial charge is 0.471 e. The number of hydrogen-bond donors (Lipinski definition) is 0. The van der Waals surface area contributed by atoms with Gasteiger partial charge in [-0.05, 0) is 38.1 Å². The van der Waals surface area contributed by atoms with Crippen molar-refractivity contribution >= 4 is 0 Å². The molecule has 0 spiro atoms. The minimum absolute atomic E-state index is 0.274. The molecule has 0 aliphatic heterocycles. The molecule has 0 fully saturated rings. The van der Waals surface area contributed by atoms with E-state index >= 15 is 0 Å². The van der Waals surface area contributed by atoms with Crippen LogP contribution in [-0.4, -0.2) is 9.78 Å². The van der Waals surface area contributed by atoms with Gasteiger partial charge in [0.25, 0.3) is 0 Å². The lowest BCUT2D eigenvalue weighted by Gasteiger charge is -2.08. The molecule has 1 heterocycles. The zero-order valence-electron chi connectivity index (χ0n) is 10.7. The first-order valence-corrected chi connectivity index (χ1v) is 5.72. The second-order valence-electron chi connectivity index (χ2n) is 4.13. The highest BCUT2D eigenvalue weighted by molar-refractivity contribution is 5.49. The van der Waals surface area contributed by atoms with Crippen molar-refractivity contribution < 1.29 is 4.74 Å². The molecule has 1 aromatic heterocycles. The fourth-order valence-corrected chi connectivity index (χ4v) is 1.74. The Morgan fingerprint density at radius 1 is 1.16 bits per heavy atom. The van der Waals surface area contributed by atoms with E-state index in [1.165, 1.54) is 0 Å². The minimum atomic E-state index is 0.274. The van der Waals surface area contributed by atoms with Crippen LogP contribution >= 0.6 is 0 Å². The maximum Gasteiger partial charge on any atom is 0.181 e. The van der Waals surface area contributed by atoms with Crippen LogP contribution in [0.4, 0.5) is 0 Å². The predicted octanol–water partition coefficient (Wildman–Crippen LogP) is 2.28. The number of nitrogens with zero attached hydrogens (tertiary/aromatic N) is 4. The first-order valence-electron chi connectivity index (χ1n) is 5.72. The lowest BCUT2D eigenvalue weighted by atomic mass is 10.1. The topological polar surface area (TPSA) is 74.6 Å². The number of rotatable bonds is 3. The molecular formula is C14H12N4O. The van der Waals surface area contributed by atoms with Gasteiger partial charge in [-0.3, -0.25) is 0 Å². The van der Waals surface area contributed by atoms with Crippen LogP contribution in [0, 0.1) is 36.5 Å². The van der Waals surface area contributed by atoms with E-state index in [9.17, 15) is 0 Å². The van der Waals surface area contributed by atoms with Gasteiger partial charge in [-0.15, -0.1) is 0 Å². The molecule has 1 aromatic carbocycles. The number of aromatic nitrogens is 2. The van der Waals surface area contributed by atoms with Gasteiger partial charge in [0.15, 0.2) is 6.73 Å². The van der Waals surface area contributed by atoms with Crippen LogP contribution in [0.25, 0.3) is 0 Å². The molecule has 0 atom stereocenters. The highest BCUT2D eigenvalue weighted by Crippen LogP contribution is 2.17. The molecule has 0 amide bonds. The fraction of sp³-hybridized carbons (Fsp3) is 0.214. The Morgan fingerprint density at radius 3 is 2.47 bits per heavy atom. The van der Waals surface area contributed by atoms with Crippen LogP contribution in [0.1, 0.15) is 22.5 Å². The van der Waals surface area contributed by atoms with E-state index in [2.05, 4.69) is 5.10 Å². The first-order chi connectivity index (χ1) is 9.13. The fourth-order valence-electron chi connectivity index (χ4n) is 1.74. The number of nitriles is 2. The Hall–Kier alpha value is -2.79. The number of benzene rings is 1. The van der Waals surface area contributed by atoms with Gasteiger partial charge in [0, 0.05) is 5.69 Å². The van der Waals surface area contributed by atoms with Crippen LogP contribution in [0.2, 0.25) is 0 Å². The van der Waals surface area contributed by atoms with E-state index in [4.69, 9.17) is 15.3 Å². The summed E-state index contributed by atoms with van der Waals surface area (Å²) in [5.41, 5.74) is 2.60. The van der Waals surface area contributed by atoms with Crippen molar-refractivity contribution in [2.75, 3.05) is 0 Å². The van der Waals surface area contributed by atoms with Crippen molar-refractivity contribution in [3.8, 4) is 17.9 Å². The lowest BCUT2D eigenvalue weighted by Crippen LogP contribution is -2.08. The van der Waals surface area contributed by atoms with E-state index in [-0.39, 0.29) is 6.73 Å². The van der Waals surface area contributed by atoms with Gasteiger partial charge in [-0.25, -0.2) is 4.68 Å². The third kappa shape index (κ3) is 2.72. The zero-order valence-corrected chi connectivity index (χ0v) is 10.7. The summed E-state index contributed by atoms with van der Waals surface area (Å²) in [4.78, 5) is 0. The van der Waals surface area contributed by atoms with Crippen LogP contribution in [0.3, 0.4) is 0 Å². The summed E-state index contributed by atoms with van der Waals surface area (Å²) in [6.07, 6.45) is 0. The molecule has 5 nitrogen and oxygen atoms in total. The molecule has 2 aromatic rings. The van der Waals surface area contributed by atoms with E-state index < -0.39 is 0 Å². The Labute approximate surface area is 111 Å². The van der Waals surface area contributed by atoms with E-state index in [1.807, 2.05) is 32.1 Å². The van der Waals surface area contributed by atoms with Crippen molar-refractivity contribution in [1.82, 2.24) is 9.78 Å². The summed E-state index contributed by atoms with van der Waals surface area (Å²) >= 11 is 0. The molecule has 0 bridgehead atoms. The smallest absolute Gasteiger partial charge is 0.181 e. The molecule has 2 rings (SSSR count). The van der Waals surface area contributed by atoms with Crippen molar-refractivity contribution in [2.45, 2.75) is 20.6 Å². The maximum atomic E-state index is 8.93. The average Bonchev–Trinajstić information content (AvgIpc) is 2.74. The summed E-state index contributed by atoms with van der Waals surface area (Å²) in [6.45, 7) is 4.14. The molecule has 0 unspecified atom stereocenters. The van der Waals surface area contributed by atoms with E-state index in [1.54, 1.807) is 22.9 Å². The minimum Gasteiger partial charge on any atom is -0.471 e. The van der Waals surface area contributed by atoms with Gasteiger partial charge in [-0.1, -0.05) is 0 Å². The predicted molar refractivity (Wildman–Crippen MR) is 68.2 cm³/mol. The van der Waals surface area contributed by atoms with Crippen LogP contribution in [0.15, 0.2) is 24.3 Å². The molecule has 0 aliphatic carbocycles. The normalized spacial score (nSPS) is 9.68. The van der Waals surface area contributed by atoms with E-state index in [0.29, 0.717) is 16.9 Å². The monoisotopic (exact) mass is 252 g/mol. The summed E-state index contributed by atoms with van der Waals surface area (Å²) in [5, 5.41) is 22.0. The molecule has 94 valence electrons. The van der Waals surface area contributed by atoms with Crippen molar-refractivity contribution in [2.24, 2.45) is 0 Å². The third-order valence-corrected chi connectivity index (χ3v) is 2.69. The molecular weight excluding hydrogens is 240 g/mol. The van der Waals surface area contributed by atoms with Gasteiger partial charge in [0.05, 0.1) is 16.8 Å². The van der Waals surface area contributed by atoms with Crippen molar-refractivity contribution in [3.63, 3.8) is 0 Å². The third-order valence-electron chi connectivity index (χ3n) is 2.69. The van der Waals surface area contributed by atoms with Gasteiger partial charge < -0.3 is 4.74 Å². The summed E-state index contributed by atoms with van der Waals surface area (Å²) in [5.74, 6) is 0.545. The summed E-state index contributed by atoms with van der Waals surface area (Å²) in [7, 11) is 0. The van der Waals surface area contributed by atoms with Gasteiger partial charge in [-0.2, -0.15) is 15.6 Å². The van der Waals surface area contributed by atoms with Crippen LogP contribution < -0.4 is 4.74 Å². The first kappa shape index (κ1) is 12.7. The van der Waals surface area contributed by atoms with E-state index in [0.717, 1.165) is 11.4 Å².